The molecule has 1 amide bonds. The second kappa shape index (κ2) is 8.73. The van der Waals surface area contributed by atoms with E-state index in [2.05, 4.69) is 20.2 Å². The molecule has 29 heavy (non-hydrogen) atoms. The highest BCUT2D eigenvalue weighted by Crippen LogP contribution is 2.23. The van der Waals surface area contributed by atoms with Crippen LogP contribution in [-0.2, 0) is 0 Å². The van der Waals surface area contributed by atoms with Gasteiger partial charge in [0.15, 0.2) is 0 Å². The zero-order valence-corrected chi connectivity index (χ0v) is 16.5. The van der Waals surface area contributed by atoms with Crippen LogP contribution in [0.15, 0.2) is 60.9 Å². The van der Waals surface area contributed by atoms with Crippen molar-refractivity contribution in [1.82, 2.24) is 9.97 Å². The van der Waals surface area contributed by atoms with E-state index in [0.717, 1.165) is 41.6 Å². The third kappa shape index (κ3) is 4.54. The van der Waals surface area contributed by atoms with Gasteiger partial charge in [-0.3, -0.25) is 4.79 Å². The van der Waals surface area contributed by atoms with Gasteiger partial charge >= 0.3 is 0 Å². The van der Waals surface area contributed by atoms with Crippen molar-refractivity contribution in [2.24, 2.45) is 0 Å². The molecule has 0 spiro atoms. The normalized spacial score (nSPS) is 13.3. The first kappa shape index (κ1) is 18.9. The minimum Gasteiger partial charge on any atom is -0.494 e. The minimum absolute atomic E-state index is 0.161. The molecule has 1 aliphatic rings. The van der Waals surface area contributed by atoms with E-state index in [4.69, 9.17) is 4.74 Å². The highest BCUT2D eigenvalue weighted by Gasteiger charge is 2.15. The average Bonchev–Trinajstić information content (AvgIpc) is 3.30. The van der Waals surface area contributed by atoms with E-state index in [-0.39, 0.29) is 5.91 Å². The summed E-state index contributed by atoms with van der Waals surface area (Å²) in [6, 6.07) is 14.8. The second-order valence-corrected chi connectivity index (χ2v) is 6.96. The smallest absolute Gasteiger partial charge is 0.255 e. The van der Waals surface area contributed by atoms with Crippen LogP contribution < -0.4 is 15.0 Å². The van der Waals surface area contributed by atoms with E-state index in [9.17, 15) is 4.79 Å². The summed E-state index contributed by atoms with van der Waals surface area (Å²) in [4.78, 5) is 23.9. The molecule has 148 valence electrons. The van der Waals surface area contributed by atoms with Crippen LogP contribution >= 0.6 is 0 Å². The maximum Gasteiger partial charge on any atom is 0.255 e. The number of carbonyl (C=O) groups excluding carboxylic acids is 1. The maximum atomic E-state index is 12.7. The largest absolute Gasteiger partial charge is 0.494 e. The molecule has 6 nitrogen and oxygen atoms in total. The van der Waals surface area contributed by atoms with Crippen LogP contribution in [-0.4, -0.2) is 35.6 Å². The number of hydrogen-bond acceptors (Lipinski definition) is 5. The summed E-state index contributed by atoms with van der Waals surface area (Å²) in [5, 5.41) is 2.92. The van der Waals surface area contributed by atoms with E-state index in [1.807, 2.05) is 61.8 Å². The number of amides is 1. The Kier molecular flexibility index (Phi) is 5.70. The van der Waals surface area contributed by atoms with Crippen LogP contribution in [0.4, 0.5) is 11.6 Å². The fraction of sp³-hybridized carbons (Fsp3) is 0.261. The van der Waals surface area contributed by atoms with E-state index in [1.54, 1.807) is 6.07 Å². The molecule has 0 unspecified atom stereocenters. The number of benzene rings is 2. The van der Waals surface area contributed by atoms with Crippen molar-refractivity contribution in [3.05, 3.63) is 66.5 Å². The summed E-state index contributed by atoms with van der Waals surface area (Å²) in [5.41, 5.74) is 3.11. The molecular weight excluding hydrogens is 364 g/mol. The molecule has 0 bridgehead atoms. The predicted molar refractivity (Wildman–Crippen MR) is 114 cm³/mol. The van der Waals surface area contributed by atoms with Gasteiger partial charge in [-0.05, 0) is 61.7 Å². The lowest BCUT2D eigenvalue weighted by Crippen LogP contribution is -2.20. The monoisotopic (exact) mass is 388 g/mol. The van der Waals surface area contributed by atoms with Gasteiger partial charge in [0.1, 0.15) is 5.75 Å². The van der Waals surface area contributed by atoms with Gasteiger partial charge in [0.25, 0.3) is 5.91 Å². The first-order valence-corrected chi connectivity index (χ1v) is 9.94. The van der Waals surface area contributed by atoms with Crippen molar-refractivity contribution < 1.29 is 9.53 Å². The fourth-order valence-corrected chi connectivity index (χ4v) is 3.40. The standard InChI is InChI=1S/C23H24N4O2/c1-2-29-21-10-8-20(9-11-21)26-22(28)18-7-5-6-17(14-18)19-15-24-23(25-16-19)27-12-3-4-13-27/h5-11,14-16H,2-4,12-13H2,1H3,(H,26,28). The number of carbonyl (C=O) groups is 1. The van der Waals surface area contributed by atoms with Crippen LogP contribution in [0.5, 0.6) is 5.75 Å². The molecule has 2 heterocycles. The Hall–Kier alpha value is -3.41. The minimum atomic E-state index is -0.161. The summed E-state index contributed by atoms with van der Waals surface area (Å²) in [6.45, 7) is 4.58. The quantitative estimate of drug-likeness (QED) is 0.678. The predicted octanol–water partition coefficient (Wildman–Crippen LogP) is 4.39. The molecule has 1 aromatic heterocycles. The Bertz CT molecular complexity index is 965. The number of ether oxygens (including phenoxy) is 1. The molecule has 3 aromatic rings. The number of nitrogens with zero attached hydrogens (tertiary/aromatic N) is 3. The lowest BCUT2D eigenvalue weighted by molar-refractivity contribution is 0.102. The lowest BCUT2D eigenvalue weighted by Gasteiger charge is -2.14. The molecule has 0 saturated carbocycles. The van der Waals surface area contributed by atoms with Crippen LogP contribution in [0.1, 0.15) is 30.1 Å². The lowest BCUT2D eigenvalue weighted by atomic mass is 10.1. The van der Waals surface area contributed by atoms with Crippen molar-refractivity contribution in [2.45, 2.75) is 19.8 Å². The van der Waals surface area contributed by atoms with E-state index >= 15 is 0 Å². The molecule has 1 fully saturated rings. The number of rotatable bonds is 6. The third-order valence-electron chi connectivity index (χ3n) is 4.91. The van der Waals surface area contributed by atoms with Crippen LogP contribution in [0.2, 0.25) is 0 Å². The van der Waals surface area contributed by atoms with Crippen molar-refractivity contribution in [3.8, 4) is 16.9 Å². The first-order valence-electron chi connectivity index (χ1n) is 9.94. The van der Waals surface area contributed by atoms with Gasteiger partial charge in [0.05, 0.1) is 6.61 Å². The van der Waals surface area contributed by atoms with Gasteiger partial charge in [0, 0.05) is 42.3 Å². The summed E-state index contributed by atoms with van der Waals surface area (Å²) in [6.07, 6.45) is 6.03. The molecule has 1 aliphatic heterocycles. The van der Waals surface area contributed by atoms with Crippen LogP contribution in [0, 0.1) is 0 Å². The Balaban J connectivity index is 1.47. The molecule has 1 N–H and O–H groups in total. The van der Waals surface area contributed by atoms with E-state index in [0.29, 0.717) is 12.2 Å². The highest BCUT2D eigenvalue weighted by atomic mass is 16.5. The SMILES string of the molecule is CCOc1ccc(NC(=O)c2cccc(-c3cnc(N4CCCC4)nc3)c2)cc1. The topological polar surface area (TPSA) is 67.3 Å². The molecule has 0 radical (unpaired) electrons. The summed E-state index contributed by atoms with van der Waals surface area (Å²) in [5.74, 6) is 1.39. The molecule has 2 aromatic carbocycles. The molecule has 6 heteroatoms. The fourth-order valence-electron chi connectivity index (χ4n) is 3.40. The van der Waals surface area contributed by atoms with Gasteiger partial charge < -0.3 is 15.0 Å². The molecule has 0 aliphatic carbocycles. The zero-order chi connectivity index (χ0) is 20.1. The van der Waals surface area contributed by atoms with Crippen molar-refractivity contribution in [2.75, 3.05) is 29.9 Å². The van der Waals surface area contributed by atoms with E-state index < -0.39 is 0 Å². The van der Waals surface area contributed by atoms with Gasteiger partial charge in [-0.1, -0.05) is 12.1 Å². The van der Waals surface area contributed by atoms with Gasteiger partial charge in [0.2, 0.25) is 5.95 Å². The third-order valence-corrected chi connectivity index (χ3v) is 4.91. The number of anilines is 2. The Morgan fingerprint density at radius 2 is 1.76 bits per heavy atom. The van der Waals surface area contributed by atoms with Crippen LogP contribution in [0.3, 0.4) is 0 Å². The number of hydrogen-bond donors (Lipinski definition) is 1. The molecule has 0 atom stereocenters. The van der Waals surface area contributed by atoms with Crippen molar-refractivity contribution in [3.63, 3.8) is 0 Å². The van der Waals surface area contributed by atoms with Crippen LogP contribution in [0.25, 0.3) is 11.1 Å². The first-order chi connectivity index (χ1) is 14.2. The number of nitrogens with one attached hydrogen (secondary N) is 1. The van der Waals surface area contributed by atoms with Crippen molar-refractivity contribution in [1.29, 1.82) is 0 Å². The van der Waals surface area contributed by atoms with E-state index in [1.165, 1.54) is 12.8 Å². The Labute approximate surface area is 170 Å². The Morgan fingerprint density at radius 3 is 2.45 bits per heavy atom. The second-order valence-electron chi connectivity index (χ2n) is 6.96. The highest BCUT2D eigenvalue weighted by molar-refractivity contribution is 6.05. The molecule has 1 saturated heterocycles. The summed E-state index contributed by atoms with van der Waals surface area (Å²) < 4.78 is 5.43. The maximum absolute atomic E-state index is 12.7. The average molecular weight is 388 g/mol. The summed E-state index contributed by atoms with van der Waals surface area (Å²) >= 11 is 0. The van der Waals surface area contributed by atoms with Gasteiger partial charge in [-0.15, -0.1) is 0 Å². The molecular formula is C23H24N4O2. The molecule has 4 rings (SSSR count). The van der Waals surface area contributed by atoms with Crippen molar-refractivity contribution >= 4 is 17.5 Å². The zero-order valence-electron chi connectivity index (χ0n) is 16.5. The Morgan fingerprint density at radius 1 is 1.03 bits per heavy atom. The van der Waals surface area contributed by atoms with Gasteiger partial charge in [-0.2, -0.15) is 0 Å². The summed E-state index contributed by atoms with van der Waals surface area (Å²) in [7, 11) is 0. The van der Waals surface area contributed by atoms with Gasteiger partial charge in [-0.25, -0.2) is 9.97 Å². The number of aromatic nitrogens is 2.